The van der Waals surface area contributed by atoms with Crippen LogP contribution in [0.2, 0.25) is 0 Å². The second-order valence-electron chi connectivity index (χ2n) is 10.4. The second kappa shape index (κ2) is 17.5. The highest BCUT2D eigenvalue weighted by molar-refractivity contribution is 5.95. The molecule has 17 heteroatoms. The first-order valence-corrected chi connectivity index (χ1v) is 13.5. The molecule has 0 aromatic rings. The molecule has 1 fully saturated rings. The molecule has 0 spiro atoms. The maximum atomic E-state index is 13.0. The molecule has 1 aliphatic rings. The second-order valence-corrected chi connectivity index (χ2v) is 10.4. The molecule has 6 amide bonds. The normalized spacial score (nSPS) is 16.6. The van der Waals surface area contributed by atoms with E-state index in [2.05, 4.69) is 21.3 Å². The van der Waals surface area contributed by atoms with E-state index < -0.39 is 84.6 Å². The molecular formula is C25H41N7O10. The standard InChI is InChI=1S/C25H41N7O10/c1-13(2)10-16(31-22(39)14(26)5-8-20(35)36)24(41)28-11-19(34)32-9-3-4-17(32)25(42)30-15(6-7-18(27)33)23(40)29-12-21(37)38/h13-17H,3-12,26H2,1-2H3,(H2,27,33)(H,28,41)(H,29,40)(H,30,42)(H,31,39)(H,35,36)(H,37,38)/t14-,15-,16-,17-/m0/s1. The largest absolute Gasteiger partial charge is 0.481 e. The van der Waals surface area contributed by atoms with Crippen LogP contribution >= 0.6 is 0 Å². The highest BCUT2D eigenvalue weighted by atomic mass is 16.4. The van der Waals surface area contributed by atoms with Crippen molar-refractivity contribution < 1.29 is 48.6 Å². The van der Waals surface area contributed by atoms with Crippen LogP contribution in [0.5, 0.6) is 0 Å². The molecule has 1 aliphatic heterocycles. The number of carboxylic acid groups (broad SMARTS) is 2. The van der Waals surface area contributed by atoms with Crippen LogP contribution in [0, 0.1) is 5.92 Å². The zero-order valence-corrected chi connectivity index (χ0v) is 23.7. The van der Waals surface area contributed by atoms with E-state index in [9.17, 15) is 38.4 Å². The number of amides is 6. The molecule has 0 radical (unpaired) electrons. The van der Waals surface area contributed by atoms with Crippen molar-refractivity contribution >= 4 is 47.4 Å². The number of aliphatic carboxylic acids is 2. The van der Waals surface area contributed by atoms with E-state index >= 15 is 0 Å². The van der Waals surface area contributed by atoms with Gasteiger partial charge in [0.05, 0.1) is 12.6 Å². The maximum Gasteiger partial charge on any atom is 0.322 e. The van der Waals surface area contributed by atoms with Crippen LogP contribution in [-0.2, 0) is 38.4 Å². The summed E-state index contributed by atoms with van der Waals surface area (Å²) in [5, 5.41) is 27.1. The van der Waals surface area contributed by atoms with Gasteiger partial charge in [0.2, 0.25) is 35.4 Å². The van der Waals surface area contributed by atoms with Gasteiger partial charge in [-0.3, -0.25) is 38.4 Å². The van der Waals surface area contributed by atoms with Crippen LogP contribution in [0.15, 0.2) is 0 Å². The van der Waals surface area contributed by atoms with E-state index in [0.29, 0.717) is 6.42 Å². The monoisotopic (exact) mass is 599 g/mol. The minimum atomic E-state index is -1.31. The van der Waals surface area contributed by atoms with Crippen LogP contribution < -0.4 is 32.7 Å². The summed E-state index contributed by atoms with van der Waals surface area (Å²) in [6.45, 7) is 2.61. The summed E-state index contributed by atoms with van der Waals surface area (Å²) in [7, 11) is 0. The number of primary amides is 1. The van der Waals surface area contributed by atoms with Crippen molar-refractivity contribution in [2.24, 2.45) is 17.4 Å². The van der Waals surface area contributed by atoms with Gasteiger partial charge in [-0.05, 0) is 38.0 Å². The van der Waals surface area contributed by atoms with E-state index in [4.69, 9.17) is 21.7 Å². The lowest BCUT2D eigenvalue weighted by Crippen LogP contribution is -2.56. The third kappa shape index (κ3) is 12.9. The fourth-order valence-electron chi connectivity index (χ4n) is 4.23. The average molecular weight is 600 g/mol. The van der Waals surface area contributed by atoms with Crippen molar-refractivity contribution in [3.63, 3.8) is 0 Å². The van der Waals surface area contributed by atoms with Gasteiger partial charge in [-0.15, -0.1) is 0 Å². The van der Waals surface area contributed by atoms with Crippen LogP contribution in [0.25, 0.3) is 0 Å². The molecule has 1 saturated heterocycles. The molecule has 0 unspecified atom stereocenters. The third-order valence-electron chi connectivity index (χ3n) is 6.36. The fourth-order valence-corrected chi connectivity index (χ4v) is 4.23. The number of likely N-dealkylation sites (tertiary alicyclic amines) is 1. The number of carbonyl (C=O) groups excluding carboxylic acids is 6. The minimum Gasteiger partial charge on any atom is -0.481 e. The van der Waals surface area contributed by atoms with Gasteiger partial charge in [0.15, 0.2) is 0 Å². The lowest BCUT2D eigenvalue weighted by Gasteiger charge is -2.27. The Balaban J connectivity index is 2.83. The van der Waals surface area contributed by atoms with Crippen molar-refractivity contribution in [3.8, 4) is 0 Å². The highest BCUT2D eigenvalue weighted by Crippen LogP contribution is 2.18. The van der Waals surface area contributed by atoms with Gasteiger partial charge >= 0.3 is 11.9 Å². The summed E-state index contributed by atoms with van der Waals surface area (Å²) in [4.78, 5) is 97.6. The number of nitrogens with two attached hydrogens (primary N) is 2. The molecule has 0 aliphatic carbocycles. The van der Waals surface area contributed by atoms with E-state index in [-0.39, 0.29) is 51.0 Å². The predicted molar refractivity (Wildman–Crippen MR) is 145 cm³/mol. The smallest absolute Gasteiger partial charge is 0.322 e. The summed E-state index contributed by atoms with van der Waals surface area (Å²) in [5.41, 5.74) is 10.9. The quantitative estimate of drug-likeness (QED) is 0.0775. The number of rotatable bonds is 18. The Labute approximate surface area is 242 Å². The van der Waals surface area contributed by atoms with Gasteiger partial charge in [-0.25, -0.2) is 0 Å². The van der Waals surface area contributed by atoms with Crippen molar-refractivity contribution in [3.05, 3.63) is 0 Å². The molecule has 0 aromatic heterocycles. The summed E-state index contributed by atoms with van der Waals surface area (Å²) < 4.78 is 0. The van der Waals surface area contributed by atoms with Crippen molar-refractivity contribution in [1.29, 1.82) is 0 Å². The molecule has 17 nitrogen and oxygen atoms in total. The zero-order valence-electron chi connectivity index (χ0n) is 23.7. The van der Waals surface area contributed by atoms with E-state index in [1.807, 2.05) is 13.8 Å². The van der Waals surface area contributed by atoms with Gasteiger partial charge in [-0.2, -0.15) is 0 Å². The zero-order chi connectivity index (χ0) is 32.0. The van der Waals surface area contributed by atoms with Gasteiger partial charge in [0, 0.05) is 19.4 Å². The van der Waals surface area contributed by atoms with Crippen LogP contribution in [0.4, 0.5) is 0 Å². The summed E-state index contributed by atoms with van der Waals surface area (Å²) in [6.07, 6.45) is 0.0187. The molecule has 236 valence electrons. The van der Waals surface area contributed by atoms with Crippen LogP contribution in [0.1, 0.15) is 58.8 Å². The SMILES string of the molecule is CC(C)C[C@H](NC(=O)[C@@H](N)CCC(=O)O)C(=O)NCC(=O)N1CCC[C@H]1C(=O)N[C@@H](CCC(N)=O)C(=O)NCC(=O)O. The van der Waals surface area contributed by atoms with E-state index in [1.165, 1.54) is 4.90 Å². The van der Waals surface area contributed by atoms with Crippen molar-refractivity contribution in [2.45, 2.75) is 83.0 Å². The van der Waals surface area contributed by atoms with Gasteiger partial charge < -0.3 is 47.8 Å². The van der Waals surface area contributed by atoms with E-state index in [1.54, 1.807) is 0 Å². The molecule has 1 rings (SSSR count). The lowest BCUT2D eigenvalue weighted by atomic mass is 10.0. The Kier molecular flexibility index (Phi) is 14.9. The molecule has 42 heavy (non-hydrogen) atoms. The first-order valence-electron chi connectivity index (χ1n) is 13.5. The van der Waals surface area contributed by atoms with Crippen molar-refractivity contribution in [2.75, 3.05) is 19.6 Å². The highest BCUT2D eigenvalue weighted by Gasteiger charge is 2.36. The topological polar surface area (TPSA) is 280 Å². The minimum absolute atomic E-state index is 0.0335. The summed E-state index contributed by atoms with van der Waals surface area (Å²) in [6, 6.07) is -4.46. The Hall–Kier alpha value is -4.28. The number of carboxylic acids is 2. The molecule has 4 atom stereocenters. The van der Waals surface area contributed by atoms with Gasteiger partial charge in [0.1, 0.15) is 24.7 Å². The van der Waals surface area contributed by atoms with Gasteiger partial charge in [-0.1, -0.05) is 13.8 Å². The van der Waals surface area contributed by atoms with E-state index in [0.717, 1.165) is 0 Å². The third-order valence-corrected chi connectivity index (χ3v) is 6.36. The Bertz CT molecular complexity index is 1040. The molecular weight excluding hydrogens is 558 g/mol. The molecule has 10 N–H and O–H groups in total. The van der Waals surface area contributed by atoms with Crippen LogP contribution in [0.3, 0.4) is 0 Å². The molecule has 0 bridgehead atoms. The lowest BCUT2D eigenvalue weighted by molar-refractivity contribution is -0.141. The molecule has 0 aromatic carbocycles. The summed E-state index contributed by atoms with van der Waals surface area (Å²) >= 11 is 0. The van der Waals surface area contributed by atoms with Crippen LogP contribution in [-0.4, -0.2) is 106 Å². The first kappa shape index (κ1) is 35.7. The Morgan fingerprint density at radius 2 is 1.45 bits per heavy atom. The number of nitrogens with zero attached hydrogens (tertiary/aromatic N) is 1. The van der Waals surface area contributed by atoms with Gasteiger partial charge in [0.25, 0.3) is 0 Å². The Morgan fingerprint density at radius 3 is 2.02 bits per heavy atom. The summed E-state index contributed by atoms with van der Waals surface area (Å²) in [5.74, 6) is -6.72. The number of hydrogen-bond acceptors (Lipinski definition) is 9. The predicted octanol–water partition coefficient (Wildman–Crippen LogP) is -3.23. The molecule has 1 heterocycles. The van der Waals surface area contributed by atoms with Crippen molar-refractivity contribution in [1.82, 2.24) is 26.2 Å². The molecule has 0 saturated carbocycles. The average Bonchev–Trinajstić information content (AvgIpc) is 3.40. The Morgan fingerprint density at radius 1 is 0.833 bits per heavy atom. The number of hydrogen-bond donors (Lipinski definition) is 8. The number of nitrogens with one attached hydrogen (secondary N) is 4. The maximum absolute atomic E-state index is 13.0. The fraction of sp³-hybridized carbons (Fsp3) is 0.680. The number of carbonyl (C=O) groups is 8. The first-order chi connectivity index (χ1) is 19.6.